The summed E-state index contributed by atoms with van der Waals surface area (Å²) in [6.45, 7) is 4.33. The summed E-state index contributed by atoms with van der Waals surface area (Å²) in [7, 11) is 2.14. The van der Waals surface area contributed by atoms with Gasteiger partial charge in [0, 0.05) is 23.1 Å². The molecule has 0 fully saturated rings. The molecule has 0 aliphatic heterocycles. The maximum Gasteiger partial charge on any atom is 0.0511 e. The average molecular weight is 353 g/mol. The van der Waals surface area contributed by atoms with E-state index in [2.05, 4.69) is 72.1 Å². The van der Waals surface area contributed by atoms with E-state index in [1.807, 2.05) is 12.1 Å². The number of nitrogens with zero attached hydrogens (tertiary/aromatic N) is 1. The Labute approximate surface area is 134 Å². The van der Waals surface area contributed by atoms with Crippen molar-refractivity contribution in [3.8, 4) is 0 Å². The van der Waals surface area contributed by atoms with Gasteiger partial charge in [0.15, 0.2) is 0 Å². The lowest BCUT2D eigenvalue weighted by atomic mass is 10.0. The molecule has 0 spiro atoms. The first kappa shape index (κ1) is 15.4. The van der Waals surface area contributed by atoms with Crippen LogP contribution in [0.25, 0.3) is 0 Å². The summed E-state index contributed by atoms with van der Waals surface area (Å²) < 4.78 is 0. The molecule has 0 N–H and O–H groups in total. The van der Waals surface area contributed by atoms with E-state index in [0.29, 0.717) is 6.04 Å². The van der Waals surface area contributed by atoms with Crippen molar-refractivity contribution in [2.24, 2.45) is 0 Å². The Kier molecular flexibility index (Phi) is 5.11. The highest BCUT2D eigenvalue weighted by Crippen LogP contribution is 2.30. The minimum atomic E-state index is 0.299. The molecule has 0 heterocycles. The summed E-state index contributed by atoms with van der Waals surface area (Å²) >= 11 is 9.54. The minimum Gasteiger partial charge on any atom is -0.368 e. The third-order valence-corrected chi connectivity index (χ3v) is 4.55. The zero-order valence-electron chi connectivity index (χ0n) is 12.0. The lowest BCUT2D eigenvalue weighted by Gasteiger charge is -2.29. The van der Waals surface area contributed by atoms with Crippen LogP contribution in [0.5, 0.6) is 0 Å². The number of aryl methyl sites for hydroxylation is 1. The predicted molar refractivity (Wildman–Crippen MR) is 92.1 cm³/mol. The normalized spacial score (nSPS) is 12.2. The molecule has 1 nitrogen and oxygen atoms in total. The second kappa shape index (κ2) is 6.64. The Morgan fingerprint density at radius 2 is 1.80 bits per heavy atom. The molecule has 2 aromatic carbocycles. The number of hydrogen-bond donors (Lipinski definition) is 0. The van der Waals surface area contributed by atoms with Crippen LogP contribution >= 0.6 is 27.5 Å². The Hall–Kier alpha value is -0.990. The summed E-state index contributed by atoms with van der Waals surface area (Å²) in [5.41, 5.74) is 5.12. The van der Waals surface area contributed by atoms with Gasteiger partial charge in [-0.2, -0.15) is 0 Å². The van der Waals surface area contributed by atoms with Crippen molar-refractivity contribution < 1.29 is 0 Å². The van der Waals surface area contributed by atoms with E-state index in [4.69, 9.17) is 11.6 Å². The molecule has 2 aromatic rings. The summed E-state index contributed by atoms with van der Waals surface area (Å²) in [4.78, 5) is 2.30. The van der Waals surface area contributed by atoms with Gasteiger partial charge in [-0.1, -0.05) is 57.4 Å². The van der Waals surface area contributed by atoms with Gasteiger partial charge in [-0.05, 0) is 43.2 Å². The lowest BCUT2D eigenvalue weighted by molar-refractivity contribution is 0.737. The van der Waals surface area contributed by atoms with E-state index in [0.717, 1.165) is 10.4 Å². The standard InChI is InChI=1S/C17H19BrClN/c1-12-4-9-17(15(10-12)11-18)20(3)13(2)14-5-7-16(19)8-6-14/h4-10,13H,11H2,1-3H3. The zero-order chi connectivity index (χ0) is 14.7. The topological polar surface area (TPSA) is 3.24 Å². The Balaban J connectivity index is 2.30. The fraction of sp³-hybridized carbons (Fsp3) is 0.294. The molecule has 0 amide bonds. The molecule has 1 unspecified atom stereocenters. The second-order valence-electron chi connectivity index (χ2n) is 5.10. The van der Waals surface area contributed by atoms with E-state index in [-0.39, 0.29) is 0 Å². The molecule has 2 rings (SSSR count). The van der Waals surface area contributed by atoms with Crippen LogP contribution in [0.4, 0.5) is 5.69 Å². The first-order chi connectivity index (χ1) is 9.52. The predicted octanol–water partition coefficient (Wildman–Crippen LogP) is 5.74. The maximum absolute atomic E-state index is 5.96. The maximum atomic E-state index is 5.96. The number of benzene rings is 2. The minimum absolute atomic E-state index is 0.299. The molecule has 0 saturated heterocycles. The van der Waals surface area contributed by atoms with Gasteiger partial charge in [0.05, 0.1) is 6.04 Å². The fourth-order valence-electron chi connectivity index (χ4n) is 2.34. The molecule has 0 aromatic heterocycles. The van der Waals surface area contributed by atoms with Crippen LogP contribution in [0.2, 0.25) is 5.02 Å². The first-order valence-electron chi connectivity index (χ1n) is 6.66. The third-order valence-electron chi connectivity index (χ3n) is 3.69. The molecule has 1 atom stereocenters. The molecule has 0 radical (unpaired) electrons. The molecule has 106 valence electrons. The van der Waals surface area contributed by atoms with Crippen LogP contribution in [0.15, 0.2) is 42.5 Å². The van der Waals surface area contributed by atoms with Crippen molar-refractivity contribution in [2.45, 2.75) is 25.2 Å². The highest BCUT2D eigenvalue weighted by molar-refractivity contribution is 9.08. The number of hydrogen-bond acceptors (Lipinski definition) is 1. The van der Waals surface area contributed by atoms with Gasteiger partial charge in [0.2, 0.25) is 0 Å². The van der Waals surface area contributed by atoms with Crippen molar-refractivity contribution in [3.63, 3.8) is 0 Å². The van der Waals surface area contributed by atoms with Crippen LogP contribution in [0.1, 0.15) is 29.7 Å². The first-order valence-corrected chi connectivity index (χ1v) is 8.16. The second-order valence-corrected chi connectivity index (χ2v) is 6.10. The zero-order valence-corrected chi connectivity index (χ0v) is 14.4. The Morgan fingerprint density at radius 3 is 2.40 bits per heavy atom. The smallest absolute Gasteiger partial charge is 0.0511 e. The highest BCUT2D eigenvalue weighted by Gasteiger charge is 2.15. The number of anilines is 1. The third kappa shape index (κ3) is 3.36. The van der Waals surface area contributed by atoms with Gasteiger partial charge in [-0.3, -0.25) is 0 Å². The molecule has 20 heavy (non-hydrogen) atoms. The Bertz CT molecular complexity index is 580. The Morgan fingerprint density at radius 1 is 1.15 bits per heavy atom. The quantitative estimate of drug-likeness (QED) is 0.634. The van der Waals surface area contributed by atoms with Crippen LogP contribution in [0, 0.1) is 6.92 Å². The number of alkyl halides is 1. The largest absolute Gasteiger partial charge is 0.368 e. The van der Waals surface area contributed by atoms with E-state index >= 15 is 0 Å². The molecular formula is C17H19BrClN. The van der Waals surface area contributed by atoms with Crippen molar-refractivity contribution in [1.82, 2.24) is 0 Å². The van der Waals surface area contributed by atoms with Crippen molar-refractivity contribution in [3.05, 3.63) is 64.2 Å². The average Bonchev–Trinajstić information content (AvgIpc) is 2.46. The van der Waals surface area contributed by atoms with Crippen molar-refractivity contribution in [1.29, 1.82) is 0 Å². The SMILES string of the molecule is Cc1ccc(N(C)C(C)c2ccc(Cl)cc2)c(CBr)c1. The monoisotopic (exact) mass is 351 g/mol. The molecule has 0 bridgehead atoms. The van der Waals surface area contributed by atoms with E-state index in [9.17, 15) is 0 Å². The molecule has 3 heteroatoms. The van der Waals surface area contributed by atoms with E-state index < -0.39 is 0 Å². The van der Waals surface area contributed by atoms with Gasteiger partial charge >= 0.3 is 0 Å². The highest BCUT2D eigenvalue weighted by atomic mass is 79.9. The summed E-state index contributed by atoms with van der Waals surface area (Å²) in [6, 6.07) is 15.0. The van der Waals surface area contributed by atoms with E-state index in [1.165, 1.54) is 22.4 Å². The van der Waals surface area contributed by atoms with Gasteiger partial charge < -0.3 is 4.90 Å². The number of halogens is 2. The molecule has 0 saturated carbocycles. The molecule has 0 aliphatic carbocycles. The molecular weight excluding hydrogens is 334 g/mol. The summed E-state index contributed by atoms with van der Waals surface area (Å²) in [5, 5.41) is 1.64. The van der Waals surface area contributed by atoms with Crippen molar-refractivity contribution in [2.75, 3.05) is 11.9 Å². The van der Waals surface area contributed by atoms with Crippen LogP contribution < -0.4 is 4.90 Å². The fourth-order valence-corrected chi connectivity index (χ4v) is 2.91. The van der Waals surface area contributed by atoms with Gasteiger partial charge in [0.1, 0.15) is 0 Å². The summed E-state index contributed by atoms with van der Waals surface area (Å²) in [6.07, 6.45) is 0. The van der Waals surface area contributed by atoms with Gasteiger partial charge in [-0.15, -0.1) is 0 Å². The number of rotatable bonds is 4. The van der Waals surface area contributed by atoms with Crippen LogP contribution in [-0.2, 0) is 5.33 Å². The van der Waals surface area contributed by atoms with Gasteiger partial charge in [-0.25, -0.2) is 0 Å². The van der Waals surface area contributed by atoms with Crippen LogP contribution in [-0.4, -0.2) is 7.05 Å². The van der Waals surface area contributed by atoms with E-state index in [1.54, 1.807) is 0 Å². The van der Waals surface area contributed by atoms with Crippen molar-refractivity contribution >= 4 is 33.2 Å². The molecule has 0 aliphatic rings. The van der Waals surface area contributed by atoms with Crippen LogP contribution in [0.3, 0.4) is 0 Å². The summed E-state index contributed by atoms with van der Waals surface area (Å²) in [5.74, 6) is 0. The van der Waals surface area contributed by atoms with Gasteiger partial charge in [0.25, 0.3) is 0 Å². The lowest BCUT2D eigenvalue weighted by Crippen LogP contribution is -2.22.